The van der Waals surface area contributed by atoms with Crippen LogP contribution in [0.15, 0.2) is 48.7 Å². The van der Waals surface area contributed by atoms with Crippen LogP contribution >= 0.6 is 11.6 Å². The van der Waals surface area contributed by atoms with E-state index in [1.807, 2.05) is 4.68 Å². The van der Waals surface area contributed by atoms with Gasteiger partial charge in [0, 0.05) is 12.1 Å². The van der Waals surface area contributed by atoms with Gasteiger partial charge in [0.05, 0.1) is 54.5 Å². The molecule has 1 atom stereocenters. The normalized spacial score (nSPS) is 17.5. The summed E-state index contributed by atoms with van der Waals surface area (Å²) in [5.41, 5.74) is 2.50. The lowest BCUT2D eigenvalue weighted by molar-refractivity contribution is 0.0930. The molecule has 3 aromatic rings. The standard InChI is InChI=1S/C27H29ClN4O4/c1-35-23-12-11-17(15-24(23)36-2)27(34)31-14-13-21(30-26(33)19-9-5-6-10-20(19)28)25-22(31)16-29-32(25)18-7-3-4-8-18/h5-6,9-12,15-16,18,21H,3-4,7-8,13-14H2,1-2H3,(H,30,33). The molecular formula is C27H29ClN4O4. The summed E-state index contributed by atoms with van der Waals surface area (Å²) in [5.74, 6) is 0.659. The molecule has 2 aliphatic rings. The Kier molecular flexibility index (Phi) is 6.87. The Balaban J connectivity index is 1.49. The predicted octanol–water partition coefficient (Wildman–Crippen LogP) is 5.19. The van der Waals surface area contributed by atoms with Crippen molar-refractivity contribution in [1.29, 1.82) is 0 Å². The summed E-state index contributed by atoms with van der Waals surface area (Å²) in [6.45, 7) is 0.435. The summed E-state index contributed by atoms with van der Waals surface area (Å²) in [5, 5.41) is 8.28. The number of carbonyl (C=O) groups is 2. The molecular weight excluding hydrogens is 480 g/mol. The lowest BCUT2D eigenvalue weighted by Gasteiger charge is -2.34. The van der Waals surface area contributed by atoms with Crippen LogP contribution in [-0.2, 0) is 0 Å². The number of aromatic nitrogens is 2. The zero-order valence-corrected chi connectivity index (χ0v) is 21.1. The van der Waals surface area contributed by atoms with Crippen LogP contribution in [0.2, 0.25) is 5.02 Å². The molecule has 9 heteroatoms. The lowest BCUT2D eigenvalue weighted by atomic mass is 10.0. The number of ether oxygens (including phenoxy) is 2. The van der Waals surface area contributed by atoms with E-state index in [1.165, 1.54) is 0 Å². The van der Waals surface area contributed by atoms with Gasteiger partial charge in [0.1, 0.15) is 0 Å². The van der Waals surface area contributed by atoms with Crippen molar-refractivity contribution in [1.82, 2.24) is 15.1 Å². The number of halogens is 1. The van der Waals surface area contributed by atoms with Gasteiger partial charge in [0.25, 0.3) is 11.8 Å². The van der Waals surface area contributed by atoms with E-state index in [1.54, 1.807) is 67.8 Å². The van der Waals surface area contributed by atoms with Crippen LogP contribution in [0.5, 0.6) is 11.5 Å². The minimum atomic E-state index is -0.290. The molecule has 1 unspecified atom stereocenters. The number of rotatable bonds is 6. The third-order valence-electron chi connectivity index (χ3n) is 7.05. The third-order valence-corrected chi connectivity index (χ3v) is 7.38. The Labute approximate surface area is 215 Å². The number of anilines is 1. The van der Waals surface area contributed by atoms with Crippen molar-refractivity contribution in [3.8, 4) is 11.5 Å². The molecule has 5 rings (SSSR count). The highest BCUT2D eigenvalue weighted by Gasteiger charge is 2.36. The number of nitrogens with one attached hydrogen (secondary N) is 1. The zero-order valence-electron chi connectivity index (χ0n) is 20.4. The van der Waals surface area contributed by atoms with Gasteiger partial charge in [-0.25, -0.2) is 0 Å². The van der Waals surface area contributed by atoms with Gasteiger partial charge in [-0.1, -0.05) is 36.6 Å². The molecule has 36 heavy (non-hydrogen) atoms. The number of hydrogen-bond acceptors (Lipinski definition) is 5. The van der Waals surface area contributed by atoms with Crippen molar-refractivity contribution in [3.63, 3.8) is 0 Å². The second-order valence-electron chi connectivity index (χ2n) is 9.12. The zero-order chi connectivity index (χ0) is 25.2. The Morgan fingerprint density at radius 1 is 1.03 bits per heavy atom. The molecule has 1 N–H and O–H groups in total. The Morgan fingerprint density at radius 2 is 1.78 bits per heavy atom. The molecule has 0 radical (unpaired) electrons. The van der Waals surface area contributed by atoms with E-state index in [-0.39, 0.29) is 23.9 Å². The summed E-state index contributed by atoms with van der Waals surface area (Å²) < 4.78 is 12.7. The summed E-state index contributed by atoms with van der Waals surface area (Å²) >= 11 is 6.28. The Morgan fingerprint density at radius 3 is 2.50 bits per heavy atom. The van der Waals surface area contributed by atoms with Crippen LogP contribution in [0.25, 0.3) is 0 Å². The molecule has 0 spiro atoms. The summed E-state index contributed by atoms with van der Waals surface area (Å²) in [7, 11) is 3.10. The van der Waals surface area contributed by atoms with E-state index in [4.69, 9.17) is 26.2 Å². The number of hydrogen-bond donors (Lipinski definition) is 1. The number of benzene rings is 2. The Bertz CT molecular complexity index is 1280. The number of methoxy groups -OCH3 is 2. The van der Waals surface area contributed by atoms with Crippen LogP contribution in [0.4, 0.5) is 5.69 Å². The highest BCUT2D eigenvalue weighted by molar-refractivity contribution is 6.33. The minimum Gasteiger partial charge on any atom is -0.493 e. The monoisotopic (exact) mass is 508 g/mol. The van der Waals surface area contributed by atoms with E-state index >= 15 is 0 Å². The van der Waals surface area contributed by atoms with Gasteiger partial charge in [-0.05, 0) is 49.6 Å². The van der Waals surface area contributed by atoms with Crippen molar-refractivity contribution in [3.05, 3.63) is 70.5 Å². The molecule has 1 fully saturated rings. The van der Waals surface area contributed by atoms with E-state index in [9.17, 15) is 9.59 Å². The summed E-state index contributed by atoms with van der Waals surface area (Å²) in [4.78, 5) is 28.5. The first-order chi connectivity index (χ1) is 17.5. The minimum absolute atomic E-state index is 0.154. The molecule has 0 bridgehead atoms. The maximum Gasteiger partial charge on any atom is 0.258 e. The van der Waals surface area contributed by atoms with Crippen molar-refractivity contribution in [2.24, 2.45) is 0 Å². The molecule has 2 amide bonds. The van der Waals surface area contributed by atoms with Gasteiger partial charge in [0.2, 0.25) is 0 Å². The maximum absolute atomic E-state index is 13.6. The van der Waals surface area contributed by atoms with Gasteiger partial charge < -0.3 is 19.7 Å². The van der Waals surface area contributed by atoms with Gasteiger partial charge >= 0.3 is 0 Å². The SMILES string of the molecule is COc1ccc(C(=O)N2CCC(NC(=O)c3ccccc3Cl)c3c2cnn3C2CCCC2)cc1OC. The molecule has 1 aliphatic heterocycles. The number of nitrogens with zero attached hydrogens (tertiary/aromatic N) is 3. The fraction of sp³-hybridized carbons (Fsp3) is 0.370. The molecule has 188 valence electrons. The van der Waals surface area contributed by atoms with Gasteiger partial charge in [-0.3, -0.25) is 14.3 Å². The third kappa shape index (κ3) is 4.41. The van der Waals surface area contributed by atoms with Gasteiger partial charge in [-0.2, -0.15) is 5.10 Å². The molecule has 1 aliphatic carbocycles. The van der Waals surface area contributed by atoms with Crippen molar-refractivity contribution < 1.29 is 19.1 Å². The molecule has 1 aromatic heterocycles. The van der Waals surface area contributed by atoms with Gasteiger partial charge in [0.15, 0.2) is 11.5 Å². The smallest absolute Gasteiger partial charge is 0.258 e. The second kappa shape index (κ2) is 10.2. The largest absolute Gasteiger partial charge is 0.493 e. The number of amides is 2. The van der Waals surface area contributed by atoms with Crippen molar-refractivity contribution >= 4 is 29.1 Å². The fourth-order valence-corrected chi connectivity index (χ4v) is 5.44. The first kappa shape index (κ1) is 24.2. The maximum atomic E-state index is 13.6. The molecule has 1 saturated carbocycles. The molecule has 2 aromatic carbocycles. The molecule has 0 saturated heterocycles. The van der Waals surface area contributed by atoms with Crippen molar-refractivity contribution in [2.75, 3.05) is 25.7 Å². The molecule has 2 heterocycles. The summed E-state index contributed by atoms with van der Waals surface area (Å²) in [6.07, 6.45) is 6.65. The number of carbonyl (C=O) groups excluding carboxylic acids is 2. The van der Waals surface area contributed by atoms with E-state index in [2.05, 4.69) is 5.32 Å². The van der Waals surface area contributed by atoms with Crippen LogP contribution < -0.4 is 19.7 Å². The topological polar surface area (TPSA) is 85.7 Å². The second-order valence-corrected chi connectivity index (χ2v) is 9.53. The first-order valence-corrected chi connectivity index (χ1v) is 12.6. The average molecular weight is 509 g/mol. The fourth-order valence-electron chi connectivity index (χ4n) is 5.22. The van der Waals surface area contributed by atoms with E-state index in [0.717, 1.165) is 37.1 Å². The van der Waals surface area contributed by atoms with Crippen LogP contribution in [0, 0.1) is 0 Å². The van der Waals surface area contributed by atoms with Crippen LogP contribution in [0.1, 0.15) is 70.6 Å². The molecule has 8 nitrogen and oxygen atoms in total. The van der Waals surface area contributed by atoms with Gasteiger partial charge in [-0.15, -0.1) is 0 Å². The first-order valence-electron chi connectivity index (χ1n) is 12.2. The predicted molar refractivity (Wildman–Crippen MR) is 137 cm³/mol. The van der Waals surface area contributed by atoms with Crippen LogP contribution in [0.3, 0.4) is 0 Å². The average Bonchev–Trinajstić information content (AvgIpc) is 3.59. The quantitative estimate of drug-likeness (QED) is 0.495. The van der Waals surface area contributed by atoms with E-state index < -0.39 is 0 Å². The lowest BCUT2D eigenvalue weighted by Crippen LogP contribution is -2.42. The highest BCUT2D eigenvalue weighted by atomic mass is 35.5. The number of fused-ring (bicyclic) bond motifs is 1. The Hall–Kier alpha value is -3.52. The summed E-state index contributed by atoms with van der Waals surface area (Å²) in [6, 6.07) is 12.1. The van der Waals surface area contributed by atoms with Crippen LogP contribution in [-0.4, -0.2) is 42.4 Å². The van der Waals surface area contributed by atoms with E-state index in [0.29, 0.717) is 40.6 Å². The highest BCUT2D eigenvalue weighted by Crippen LogP contribution is 2.40. The van der Waals surface area contributed by atoms with Crippen molar-refractivity contribution in [2.45, 2.75) is 44.2 Å².